The minimum absolute atomic E-state index is 0.00971. The van der Waals surface area contributed by atoms with E-state index in [0.717, 1.165) is 0 Å². The number of hydrogen-bond acceptors (Lipinski definition) is 5. The van der Waals surface area contributed by atoms with Crippen LogP contribution in [0.3, 0.4) is 0 Å². The number of aromatic carboxylic acids is 1. The predicted octanol–water partition coefficient (Wildman–Crippen LogP) is 1.78. The molecule has 112 valence electrons. The fourth-order valence-electron chi connectivity index (χ4n) is 1.32. The highest BCUT2D eigenvalue weighted by molar-refractivity contribution is 7.09. The number of amides is 1. The van der Waals surface area contributed by atoms with Gasteiger partial charge >= 0.3 is 5.97 Å². The zero-order valence-electron chi connectivity index (χ0n) is 12.4. The van der Waals surface area contributed by atoms with Crippen molar-refractivity contribution in [1.82, 2.24) is 10.3 Å². The standard InChI is InChI=1S/C13H21N3O3S/c1-7(9-16-8(6-20-9)10(17)18)15-11(19)12(2,3)13(4,5)14/h6-7H,14H2,1-5H3,(H,15,19)(H,17,18). The topological polar surface area (TPSA) is 105 Å². The van der Waals surface area contributed by atoms with Crippen molar-refractivity contribution in [1.29, 1.82) is 0 Å². The Morgan fingerprint density at radius 2 is 1.95 bits per heavy atom. The van der Waals surface area contributed by atoms with E-state index in [9.17, 15) is 9.59 Å². The van der Waals surface area contributed by atoms with Gasteiger partial charge in [0.15, 0.2) is 5.69 Å². The number of nitrogens with one attached hydrogen (secondary N) is 1. The number of nitrogens with zero attached hydrogens (tertiary/aromatic N) is 1. The van der Waals surface area contributed by atoms with Gasteiger partial charge in [0.25, 0.3) is 0 Å². The van der Waals surface area contributed by atoms with Gasteiger partial charge in [-0.2, -0.15) is 0 Å². The Morgan fingerprint density at radius 3 is 2.35 bits per heavy atom. The highest BCUT2D eigenvalue weighted by Crippen LogP contribution is 2.29. The first-order valence-corrected chi connectivity index (χ1v) is 7.13. The molecule has 0 radical (unpaired) electrons. The van der Waals surface area contributed by atoms with Gasteiger partial charge in [-0.3, -0.25) is 4.79 Å². The highest BCUT2D eigenvalue weighted by Gasteiger charge is 2.41. The maximum Gasteiger partial charge on any atom is 0.355 e. The molecule has 0 aliphatic rings. The number of thiazole rings is 1. The van der Waals surface area contributed by atoms with Crippen LogP contribution in [-0.4, -0.2) is 27.5 Å². The molecule has 0 aliphatic heterocycles. The van der Waals surface area contributed by atoms with Crippen LogP contribution in [0.4, 0.5) is 0 Å². The fraction of sp³-hybridized carbons (Fsp3) is 0.615. The molecule has 1 unspecified atom stereocenters. The largest absolute Gasteiger partial charge is 0.476 e. The zero-order chi connectivity index (χ0) is 15.7. The maximum atomic E-state index is 12.3. The van der Waals surface area contributed by atoms with Gasteiger partial charge in [0, 0.05) is 10.9 Å². The third-order valence-electron chi connectivity index (χ3n) is 3.64. The normalized spacial score (nSPS) is 13.9. The summed E-state index contributed by atoms with van der Waals surface area (Å²) in [6.45, 7) is 8.91. The molecule has 7 heteroatoms. The molecular weight excluding hydrogens is 278 g/mol. The lowest BCUT2D eigenvalue weighted by atomic mass is 9.74. The lowest BCUT2D eigenvalue weighted by molar-refractivity contribution is -0.132. The van der Waals surface area contributed by atoms with E-state index in [2.05, 4.69) is 10.3 Å². The van der Waals surface area contributed by atoms with E-state index in [1.807, 2.05) is 0 Å². The van der Waals surface area contributed by atoms with E-state index in [1.165, 1.54) is 16.7 Å². The van der Waals surface area contributed by atoms with Crippen molar-refractivity contribution in [2.24, 2.45) is 11.1 Å². The summed E-state index contributed by atoms with van der Waals surface area (Å²) in [7, 11) is 0. The number of carbonyl (C=O) groups excluding carboxylic acids is 1. The van der Waals surface area contributed by atoms with E-state index in [-0.39, 0.29) is 17.6 Å². The van der Waals surface area contributed by atoms with Gasteiger partial charge in [0.05, 0.1) is 11.5 Å². The van der Waals surface area contributed by atoms with Crippen LogP contribution in [0.25, 0.3) is 0 Å². The number of aromatic nitrogens is 1. The summed E-state index contributed by atoms with van der Waals surface area (Å²) in [5.41, 5.74) is 4.58. The van der Waals surface area contributed by atoms with Crippen molar-refractivity contribution in [3.8, 4) is 0 Å². The Morgan fingerprint density at radius 1 is 1.40 bits per heavy atom. The molecule has 0 saturated carbocycles. The lowest BCUT2D eigenvalue weighted by Gasteiger charge is -2.37. The molecule has 0 saturated heterocycles. The van der Waals surface area contributed by atoms with E-state index in [4.69, 9.17) is 10.8 Å². The highest BCUT2D eigenvalue weighted by atomic mass is 32.1. The van der Waals surface area contributed by atoms with Gasteiger partial charge < -0.3 is 16.2 Å². The number of carbonyl (C=O) groups is 2. The molecule has 1 rings (SSSR count). The molecule has 1 aromatic heterocycles. The van der Waals surface area contributed by atoms with Crippen LogP contribution in [0, 0.1) is 5.41 Å². The van der Waals surface area contributed by atoms with Crippen LogP contribution in [0.2, 0.25) is 0 Å². The van der Waals surface area contributed by atoms with Crippen molar-refractivity contribution in [3.05, 3.63) is 16.1 Å². The van der Waals surface area contributed by atoms with Crippen LogP contribution in [0.1, 0.15) is 56.2 Å². The van der Waals surface area contributed by atoms with Crippen LogP contribution in [0.15, 0.2) is 5.38 Å². The Balaban J connectivity index is 2.82. The SMILES string of the molecule is CC(NC(=O)C(C)(C)C(C)(C)N)c1nc(C(=O)O)cs1. The minimum atomic E-state index is -1.07. The molecule has 0 aromatic carbocycles. The molecule has 6 nitrogen and oxygen atoms in total. The lowest BCUT2D eigenvalue weighted by Crippen LogP contribution is -2.55. The summed E-state index contributed by atoms with van der Waals surface area (Å²) in [6.07, 6.45) is 0. The molecule has 1 aromatic rings. The summed E-state index contributed by atoms with van der Waals surface area (Å²) in [6, 6.07) is -0.359. The molecule has 20 heavy (non-hydrogen) atoms. The second-order valence-electron chi connectivity index (χ2n) is 5.92. The van der Waals surface area contributed by atoms with Crippen molar-refractivity contribution in [2.45, 2.75) is 46.2 Å². The number of hydrogen-bond donors (Lipinski definition) is 3. The van der Waals surface area contributed by atoms with Gasteiger partial charge in [-0.1, -0.05) is 0 Å². The van der Waals surface area contributed by atoms with Crippen molar-refractivity contribution >= 4 is 23.2 Å². The third-order valence-corrected chi connectivity index (χ3v) is 4.67. The molecule has 1 heterocycles. The van der Waals surface area contributed by atoms with Gasteiger partial charge in [0.2, 0.25) is 5.91 Å². The minimum Gasteiger partial charge on any atom is -0.476 e. The van der Waals surface area contributed by atoms with Crippen LogP contribution in [0.5, 0.6) is 0 Å². The number of carboxylic acids is 1. The molecule has 0 bridgehead atoms. The first-order chi connectivity index (χ1) is 8.96. The first-order valence-electron chi connectivity index (χ1n) is 6.25. The summed E-state index contributed by atoms with van der Waals surface area (Å²) in [4.78, 5) is 27.1. The fourth-order valence-corrected chi connectivity index (χ4v) is 2.12. The molecule has 1 amide bonds. The Hall–Kier alpha value is -1.47. The second kappa shape index (κ2) is 5.49. The quantitative estimate of drug-likeness (QED) is 0.768. The number of rotatable bonds is 5. The Labute approximate surface area is 122 Å². The average Bonchev–Trinajstić information content (AvgIpc) is 2.76. The Kier molecular flexibility index (Phi) is 4.55. The van der Waals surface area contributed by atoms with E-state index in [1.54, 1.807) is 34.6 Å². The summed E-state index contributed by atoms with van der Waals surface area (Å²) < 4.78 is 0. The van der Waals surface area contributed by atoms with Gasteiger partial charge in [-0.25, -0.2) is 9.78 Å². The van der Waals surface area contributed by atoms with Crippen LogP contribution in [-0.2, 0) is 4.79 Å². The smallest absolute Gasteiger partial charge is 0.355 e. The predicted molar refractivity (Wildman–Crippen MR) is 77.7 cm³/mol. The molecule has 1 atom stereocenters. The van der Waals surface area contributed by atoms with E-state index in [0.29, 0.717) is 5.01 Å². The van der Waals surface area contributed by atoms with Crippen LogP contribution < -0.4 is 11.1 Å². The number of carboxylic acid groups (broad SMARTS) is 1. The van der Waals surface area contributed by atoms with Crippen molar-refractivity contribution in [3.63, 3.8) is 0 Å². The second-order valence-corrected chi connectivity index (χ2v) is 6.81. The monoisotopic (exact) mass is 299 g/mol. The summed E-state index contributed by atoms with van der Waals surface area (Å²) in [5.74, 6) is -1.26. The Bertz CT molecular complexity index is 517. The molecule has 0 aliphatic carbocycles. The molecule has 0 spiro atoms. The summed E-state index contributed by atoms with van der Waals surface area (Å²) in [5, 5.41) is 13.7. The van der Waals surface area contributed by atoms with E-state index < -0.39 is 16.9 Å². The maximum absolute atomic E-state index is 12.3. The summed E-state index contributed by atoms with van der Waals surface area (Å²) >= 11 is 1.21. The molecule has 4 N–H and O–H groups in total. The van der Waals surface area contributed by atoms with E-state index >= 15 is 0 Å². The first kappa shape index (κ1) is 16.6. The zero-order valence-corrected chi connectivity index (χ0v) is 13.2. The molecular formula is C13H21N3O3S. The molecule has 0 fully saturated rings. The van der Waals surface area contributed by atoms with Gasteiger partial charge in [-0.15, -0.1) is 11.3 Å². The van der Waals surface area contributed by atoms with Crippen molar-refractivity contribution in [2.75, 3.05) is 0 Å². The van der Waals surface area contributed by atoms with Crippen molar-refractivity contribution < 1.29 is 14.7 Å². The van der Waals surface area contributed by atoms with Gasteiger partial charge in [0.1, 0.15) is 5.01 Å². The van der Waals surface area contributed by atoms with Crippen LogP contribution >= 0.6 is 11.3 Å². The number of nitrogens with two attached hydrogens (primary N) is 1. The van der Waals surface area contributed by atoms with Gasteiger partial charge in [-0.05, 0) is 34.6 Å². The average molecular weight is 299 g/mol. The third kappa shape index (κ3) is 3.34.